The van der Waals surface area contributed by atoms with Crippen molar-refractivity contribution in [1.82, 2.24) is 9.88 Å². The van der Waals surface area contributed by atoms with Gasteiger partial charge in [-0.05, 0) is 60.4 Å². The molecule has 1 aliphatic carbocycles. The zero-order chi connectivity index (χ0) is 26.0. The lowest BCUT2D eigenvalue weighted by atomic mass is 9.85. The number of thiol groups is 1. The second-order valence-corrected chi connectivity index (χ2v) is 14.0. The number of nitrogens with zero attached hydrogens (tertiary/aromatic N) is 1. The number of hydrogen-bond acceptors (Lipinski definition) is 5. The highest BCUT2D eigenvalue weighted by atomic mass is 32.2. The molecule has 1 aromatic heterocycles. The molecule has 0 radical (unpaired) electrons. The van der Waals surface area contributed by atoms with Crippen LogP contribution in [0.3, 0.4) is 0 Å². The van der Waals surface area contributed by atoms with Crippen molar-refractivity contribution in [2.75, 3.05) is 18.6 Å². The molecule has 1 aliphatic rings. The van der Waals surface area contributed by atoms with Gasteiger partial charge in [0.05, 0.1) is 16.2 Å². The summed E-state index contributed by atoms with van der Waals surface area (Å²) in [5, 5.41) is 2.74. The fraction of sp³-hybridized carbons (Fsp3) is 0.577. The summed E-state index contributed by atoms with van der Waals surface area (Å²) >= 11 is 0. The first-order valence-corrected chi connectivity index (χ1v) is 15.5. The third kappa shape index (κ3) is 6.97. The van der Waals surface area contributed by atoms with Crippen LogP contribution in [0.25, 0.3) is 11.3 Å². The van der Waals surface area contributed by atoms with Crippen LogP contribution in [0, 0.1) is 12.8 Å². The van der Waals surface area contributed by atoms with Gasteiger partial charge in [0, 0.05) is 30.7 Å². The van der Waals surface area contributed by atoms with Gasteiger partial charge in [-0.15, -0.1) is 0 Å². The Morgan fingerprint density at radius 1 is 1.11 bits per heavy atom. The topological polar surface area (TPSA) is 102 Å². The summed E-state index contributed by atoms with van der Waals surface area (Å²) in [6.07, 6.45) is 7.11. The van der Waals surface area contributed by atoms with Crippen LogP contribution in [-0.2, 0) is 32.5 Å². The van der Waals surface area contributed by atoms with Crippen LogP contribution in [0.4, 0.5) is 0 Å². The molecule has 1 N–H and O–H groups in total. The van der Waals surface area contributed by atoms with Crippen molar-refractivity contribution in [3.8, 4) is 11.3 Å². The molecule has 9 heteroatoms. The number of hydrogen-bond donors (Lipinski definition) is 2. The summed E-state index contributed by atoms with van der Waals surface area (Å²) in [7, 11) is -5.91. The van der Waals surface area contributed by atoms with E-state index in [1.54, 1.807) is 6.07 Å². The summed E-state index contributed by atoms with van der Waals surface area (Å²) < 4.78 is 48.9. The maximum absolute atomic E-state index is 13.0. The zero-order valence-electron chi connectivity index (χ0n) is 21.4. The molecule has 0 spiro atoms. The predicted octanol–water partition coefficient (Wildman–Crippen LogP) is 4.09. The van der Waals surface area contributed by atoms with Gasteiger partial charge in [-0.3, -0.25) is 4.79 Å². The minimum atomic E-state index is -3.18. The van der Waals surface area contributed by atoms with Crippen molar-refractivity contribution in [3.63, 3.8) is 0 Å². The number of aromatic nitrogens is 1. The van der Waals surface area contributed by atoms with E-state index in [-0.39, 0.29) is 23.6 Å². The molecule has 1 fully saturated rings. The number of nitrogens with one attached hydrogen (secondary N) is 1. The highest BCUT2D eigenvalue weighted by molar-refractivity contribution is 7.90. The van der Waals surface area contributed by atoms with Crippen molar-refractivity contribution in [1.29, 1.82) is 0 Å². The van der Waals surface area contributed by atoms with Gasteiger partial charge in [-0.1, -0.05) is 46.1 Å². The van der Waals surface area contributed by atoms with Crippen LogP contribution in [0.5, 0.6) is 0 Å². The molecule has 194 valence electrons. The fourth-order valence-corrected chi connectivity index (χ4v) is 6.14. The van der Waals surface area contributed by atoms with Crippen molar-refractivity contribution in [3.05, 3.63) is 41.1 Å². The maximum Gasteiger partial charge on any atom is 0.253 e. The molecule has 1 saturated carbocycles. The zero-order valence-corrected chi connectivity index (χ0v) is 23.1. The summed E-state index contributed by atoms with van der Waals surface area (Å²) in [5.74, 6) is 0.106. The summed E-state index contributed by atoms with van der Waals surface area (Å²) in [4.78, 5) is 13.3. The quantitative estimate of drug-likeness (QED) is 0.509. The average molecular weight is 523 g/mol. The van der Waals surface area contributed by atoms with E-state index in [0.717, 1.165) is 48.2 Å². The van der Waals surface area contributed by atoms with E-state index in [0.29, 0.717) is 16.4 Å². The molecule has 7 nitrogen and oxygen atoms in total. The van der Waals surface area contributed by atoms with Gasteiger partial charge < -0.3 is 9.88 Å². The molecule has 0 atom stereocenters. The Bertz CT molecular complexity index is 1250. The molecule has 1 heterocycles. The normalized spacial score (nSPS) is 15.5. The molecule has 3 rings (SSSR count). The van der Waals surface area contributed by atoms with E-state index in [4.69, 9.17) is 0 Å². The third-order valence-electron chi connectivity index (χ3n) is 6.83. The highest BCUT2D eigenvalue weighted by Gasteiger charge is 2.25. The number of benzene rings is 1. The van der Waals surface area contributed by atoms with Gasteiger partial charge in [0.15, 0.2) is 10.7 Å². The SMILES string of the molecule is Cc1c(C(=O)NCCS(C)(=O)=O)cc(-c2ccc([SH](=O)=O)c(C(C)(C)C)c2)n1CC1CCCCC1. The van der Waals surface area contributed by atoms with Gasteiger partial charge in [0.25, 0.3) is 5.91 Å². The largest absolute Gasteiger partial charge is 0.351 e. The monoisotopic (exact) mass is 522 g/mol. The summed E-state index contributed by atoms with van der Waals surface area (Å²) in [6.45, 7) is 8.73. The molecule has 0 unspecified atom stereocenters. The van der Waals surface area contributed by atoms with Crippen LogP contribution < -0.4 is 5.32 Å². The van der Waals surface area contributed by atoms with E-state index in [1.807, 2.05) is 45.9 Å². The minimum Gasteiger partial charge on any atom is -0.351 e. The van der Waals surface area contributed by atoms with Crippen molar-refractivity contribution < 1.29 is 21.6 Å². The lowest BCUT2D eigenvalue weighted by Crippen LogP contribution is -2.29. The lowest BCUT2D eigenvalue weighted by molar-refractivity contribution is 0.0955. The summed E-state index contributed by atoms with van der Waals surface area (Å²) in [6, 6.07) is 7.25. The molecule has 0 bridgehead atoms. The van der Waals surface area contributed by atoms with Gasteiger partial charge >= 0.3 is 0 Å². The van der Waals surface area contributed by atoms with Crippen molar-refractivity contribution in [2.45, 2.75) is 76.7 Å². The van der Waals surface area contributed by atoms with E-state index in [2.05, 4.69) is 9.88 Å². The van der Waals surface area contributed by atoms with Crippen LogP contribution in [-0.4, -0.2) is 45.9 Å². The van der Waals surface area contributed by atoms with Gasteiger partial charge in [-0.2, -0.15) is 0 Å². The number of carbonyl (C=O) groups excluding carboxylic acids is 1. The molecule has 0 saturated heterocycles. The molecular weight excluding hydrogens is 484 g/mol. The number of amides is 1. The van der Waals surface area contributed by atoms with E-state index in [9.17, 15) is 21.6 Å². The Balaban J connectivity index is 2.06. The predicted molar refractivity (Wildman–Crippen MR) is 141 cm³/mol. The Morgan fingerprint density at radius 3 is 2.34 bits per heavy atom. The first-order chi connectivity index (χ1) is 16.3. The summed E-state index contributed by atoms with van der Waals surface area (Å²) in [5.41, 5.74) is 3.46. The van der Waals surface area contributed by atoms with Crippen LogP contribution >= 0.6 is 0 Å². The number of sulfone groups is 1. The lowest BCUT2D eigenvalue weighted by Gasteiger charge is -2.25. The molecule has 1 aromatic carbocycles. The first kappa shape index (κ1) is 27.5. The van der Waals surface area contributed by atoms with Crippen molar-refractivity contribution >= 4 is 26.4 Å². The smallest absolute Gasteiger partial charge is 0.253 e. The van der Waals surface area contributed by atoms with Crippen LogP contribution in [0.1, 0.15) is 74.5 Å². The van der Waals surface area contributed by atoms with E-state index in [1.165, 1.54) is 19.3 Å². The van der Waals surface area contributed by atoms with E-state index < -0.39 is 20.5 Å². The Hall–Kier alpha value is -2.13. The molecule has 2 aromatic rings. The van der Waals surface area contributed by atoms with Gasteiger partial charge in [-0.25, -0.2) is 16.8 Å². The minimum absolute atomic E-state index is 0.0552. The second-order valence-electron chi connectivity index (χ2n) is 10.8. The average Bonchev–Trinajstić information content (AvgIpc) is 3.08. The maximum atomic E-state index is 13.0. The second kappa shape index (κ2) is 10.9. The molecule has 35 heavy (non-hydrogen) atoms. The Labute approximate surface area is 211 Å². The standard InChI is InChI=1S/C26H38N2O5S2/c1-18-21(25(29)27-13-14-35(5,32)33)16-23(28(18)17-19-9-7-6-8-10-19)20-11-12-24(34(30)31)22(15-20)26(2,3)4/h11-12,15-16,19,34H,6-10,13-14,17H2,1-5H3,(H,27,29). The highest BCUT2D eigenvalue weighted by Crippen LogP contribution is 2.35. The van der Waals surface area contributed by atoms with Crippen LogP contribution in [0.2, 0.25) is 0 Å². The van der Waals surface area contributed by atoms with E-state index >= 15 is 0 Å². The fourth-order valence-electron chi connectivity index (χ4n) is 4.88. The van der Waals surface area contributed by atoms with Crippen molar-refractivity contribution in [2.24, 2.45) is 5.92 Å². The number of rotatable bonds is 8. The molecular formula is C26H38N2O5S2. The third-order valence-corrected chi connectivity index (χ3v) is 8.56. The van der Waals surface area contributed by atoms with Gasteiger partial charge in [0.1, 0.15) is 9.84 Å². The van der Waals surface area contributed by atoms with Crippen LogP contribution in [0.15, 0.2) is 29.2 Å². The Morgan fingerprint density at radius 2 is 1.77 bits per heavy atom. The Kier molecular flexibility index (Phi) is 8.52. The number of carbonyl (C=O) groups is 1. The first-order valence-electron chi connectivity index (χ1n) is 12.2. The molecule has 1 amide bonds. The molecule has 0 aliphatic heterocycles. The van der Waals surface area contributed by atoms with Gasteiger partial charge in [0.2, 0.25) is 0 Å².